The summed E-state index contributed by atoms with van der Waals surface area (Å²) in [6.45, 7) is 1.16. The van der Waals surface area contributed by atoms with E-state index in [1.807, 2.05) is 29.6 Å². The highest BCUT2D eigenvalue weighted by Crippen LogP contribution is 2.31. The smallest absolute Gasteiger partial charge is 0.164 e. The number of anilines is 2. The van der Waals surface area contributed by atoms with Crippen LogP contribution in [0, 0.1) is 5.41 Å². The number of aliphatic hydroxyl groups is 1. The summed E-state index contributed by atoms with van der Waals surface area (Å²) < 4.78 is 5.74. The van der Waals surface area contributed by atoms with E-state index in [1.165, 1.54) is 6.21 Å². The van der Waals surface area contributed by atoms with Crippen LogP contribution in [0.2, 0.25) is 0 Å². The molecule has 1 unspecified atom stereocenters. The van der Waals surface area contributed by atoms with Gasteiger partial charge >= 0.3 is 0 Å². The highest BCUT2D eigenvalue weighted by atomic mass is 32.1. The van der Waals surface area contributed by atoms with Gasteiger partial charge in [0.05, 0.1) is 12.1 Å². The molecule has 1 atom stereocenters. The van der Waals surface area contributed by atoms with Crippen LogP contribution in [-0.4, -0.2) is 58.6 Å². The summed E-state index contributed by atoms with van der Waals surface area (Å²) in [7, 11) is 1.78. The number of benzene rings is 1. The van der Waals surface area contributed by atoms with E-state index >= 15 is 0 Å². The van der Waals surface area contributed by atoms with Crippen molar-refractivity contribution >= 4 is 29.2 Å². The summed E-state index contributed by atoms with van der Waals surface area (Å²) in [5.74, 6) is 2.39. The Morgan fingerprint density at radius 2 is 2.16 bits per heavy atom. The van der Waals surface area contributed by atoms with Gasteiger partial charge in [0, 0.05) is 35.9 Å². The van der Waals surface area contributed by atoms with E-state index in [0.29, 0.717) is 47.9 Å². The number of aliphatic hydroxyl groups excluding tert-OH is 1. The summed E-state index contributed by atoms with van der Waals surface area (Å²) in [5, 5.41) is 30.4. The maximum atomic E-state index is 9.90. The molecule has 9 nitrogen and oxygen atoms in total. The van der Waals surface area contributed by atoms with Crippen LogP contribution in [0.25, 0.3) is 11.4 Å². The van der Waals surface area contributed by atoms with Crippen molar-refractivity contribution in [2.24, 2.45) is 0 Å². The Morgan fingerprint density at radius 3 is 2.88 bits per heavy atom. The van der Waals surface area contributed by atoms with Crippen molar-refractivity contribution in [3.63, 3.8) is 0 Å². The summed E-state index contributed by atoms with van der Waals surface area (Å²) in [5.41, 5.74) is 1.41. The predicted octanol–water partition coefficient (Wildman–Crippen LogP) is 2.74. The first-order valence-electron chi connectivity index (χ1n) is 10.5. The van der Waals surface area contributed by atoms with Crippen LogP contribution in [0.3, 0.4) is 0 Å². The zero-order valence-electron chi connectivity index (χ0n) is 17.8. The van der Waals surface area contributed by atoms with Gasteiger partial charge in [-0.25, -0.2) is 15.0 Å². The molecule has 4 rings (SSSR count). The van der Waals surface area contributed by atoms with E-state index in [1.54, 1.807) is 24.6 Å². The summed E-state index contributed by atoms with van der Waals surface area (Å²) in [4.78, 5) is 13.7. The second kappa shape index (κ2) is 10.5. The summed E-state index contributed by atoms with van der Waals surface area (Å²) in [6, 6.07) is 7.87. The number of nitrogens with one attached hydrogen (secondary N) is 4. The molecule has 0 aliphatic heterocycles. The van der Waals surface area contributed by atoms with Gasteiger partial charge in [0.1, 0.15) is 35.1 Å². The van der Waals surface area contributed by atoms with E-state index in [-0.39, 0.29) is 6.61 Å². The van der Waals surface area contributed by atoms with E-state index in [9.17, 15) is 5.11 Å². The minimum atomic E-state index is -0.595. The molecule has 10 heteroatoms. The van der Waals surface area contributed by atoms with Crippen molar-refractivity contribution in [1.82, 2.24) is 20.3 Å². The highest BCUT2D eigenvalue weighted by molar-refractivity contribution is 7.09. The lowest BCUT2D eigenvalue weighted by molar-refractivity contribution is 0.108. The SMILES string of the molecule is CNCC(O)COc1cccc(-c2nc(NCc3nccs3)c(C=N)c(NC3CC3)n2)c1. The molecule has 5 N–H and O–H groups in total. The molecule has 0 bridgehead atoms. The molecular weight excluding hydrogens is 426 g/mol. The van der Waals surface area contributed by atoms with Crippen LogP contribution >= 0.6 is 11.3 Å². The highest BCUT2D eigenvalue weighted by Gasteiger charge is 2.24. The number of ether oxygens (including phenoxy) is 1. The van der Waals surface area contributed by atoms with E-state index in [4.69, 9.17) is 20.1 Å². The van der Waals surface area contributed by atoms with Crippen molar-refractivity contribution < 1.29 is 9.84 Å². The number of likely N-dealkylation sites (N-methyl/N-ethyl adjacent to an activating group) is 1. The van der Waals surface area contributed by atoms with E-state index in [0.717, 1.165) is 23.4 Å². The Hall–Kier alpha value is -3.08. The first-order valence-corrected chi connectivity index (χ1v) is 11.4. The predicted molar refractivity (Wildman–Crippen MR) is 127 cm³/mol. The summed E-state index contributed by atoms with van der Waals surface area (Å²) >= 11 is 1.56. The number of hydrogen-bond acceptors (Lipinski definition) is 10. The normalized spacial score (nSPS) is 14.1. The monoisotopic (exact) mass is 453 g/mol. The van der Waals surface area contributed by atoms with Crippen LogP contribution < -0.4 is 20.7 Å². The van der Waals surface area contributed by atoms with E-state index in [2.05, 4.69) is 20.9 Å². The van der Waals surface area contributed by atoms with Crippen molar-refractivity contribution in [2.45, 2.75) is 31.5 Å². The van der Waals surface area contributed by atoms with Gasteiger partial charge in [-0.1, -0.05) is 12.1 Å². The third kappa shape index (κ3) is 5.78. The van der Waals surface area contributed by atoms with Gasteiger partial charge < -0.3 is 31.2 Å². The quantitative estimate of drug-likeness (QED) is 0.265. The topological polar surface area (TPSA) is 128 Å². The van der Waals surface area contributed by atoms with Gasteiger partial charge in [0.25, 0.3) is 0 Å². The lowest BCUT2D eigenvalue weighted by Crippen LogP contribution is -2.29. The van der Waals surface area contributed by atoms with Crippen LogP contribution in [0.1, 0.15) is 23.4 Å². The average Bonchev–Trinajstić information content (AvgIpc) is 3.46. The van der Waals surface area contributed by atoms with Crippen molar-refractivity contribution in [3.05, 3.63) is 46.4 Å². The Balaban J connectivity index is 1.61. The minimum Gasteiger partial charge on any atom is -0.491 e. The zero-order valence-corrected chi connectivity index (χ0v) is 18.7. The van der Waals surface area contributed by atoms with Gasteiger partial charge in [-0.15, -0.1) is 11.3 Å². The van der Waals surface area contributed by atoms with Gasteiger partial charge in [0.15, 0.2) is 5.82 Å². The molecule has 1 saturated carbocycles. The Kier molecular flexibility index (Phi) is 7.25. The number of hydrogen-bond donors (Lipinski definition) is 5. The third-order valence-corrected chi connectivity index (χ3v) is 5.65. The molecule has 0 saturated heterocycles. The lowest BCUT2D eigenvalue weighted by atomic mass is 10.2. The van der Waals surface area contributed by atoms with Gasteiger partial charge in [0.2, 0.25) is 0 Å². The fourth-order valence-electron chi connectivity index (χ4n) is 3.11. The summed E-state index contributed by atoms with van der Waals surface area (Å²) in [6.07, 6.45) is 4.64. The maximum Gasteiger partial charge on any atom is 0.164 e. The van der Waals surface area contributed by atoms with Crippen LogP contribution in [0.4, 0.5) is 11.6 Å². The van der Waals surface area contributed by atoms with Crippen LogP contribution in [0.15, 0.2) is 35.8 Å². The first kappa shape index (κ1) is 22.1. The fraction of sp³-hybridized carbons (Fsp3) is 0.364. The van der Waals surface area contributed by atoms with Gasteiger partial charge in [-0.3, -0.25) is 0 Å². The molecule has 2 heterocycles. The second-order valence-corrected chi connectivity index (χ2v) is 8.53. The van der Waals surface area contributed by atoms with Crippen molar-refractivity contribution in [3.8, 4) is 17.1 Å². The molecular formula is C22H27N7O2S. The Bertz CT molecular complexity index is 1040. The number of nitrogens with zero attached hydrogens (tertiary/aromatic N) is 3. The average molecular weight is 454 g/mol. The minimum absolute atomic E-state index is 0.187. The number of rotatable bonds is 12. The molecule has 1 fully saturated rings. The standard InChI is InChI=1S/C22H27N7O2S/c1-24-11-16(30)13-31-17-4-2-3-14(9-17)20-28-21(26-12-19-25-7-8-32-19)18(10-23)22(29-20)27-15-5-6-15/h2-4,7-10,15-16,23-24,30H,5-6,11-13H2,1H3,(H2,26,27,28,29). The Labute approximate surface area is 190 Å². The molecule has 1 aliphatic rings. The molecule has 0 spiro atoms. The second-order valence-electron chi connectivity index (χ2n) is 7.55. The van der Waals surface area contributed by atoms with Gasteiger partial charge in [-0.2, -0.15) is 0 Å². The van der Waals surface area contributed by atoms with Crippen LogP contribution in [0.5, 0.6) is 5.75 Å². The number of aromatic nitrogens is 3. The largest absolute Gasteiger partial charge is 0.491 e. The lowest BCUT2D eigenvalue weighted by Gasteiger charge is -2.15. The van der Waals surface area contributed by atoms with Crippen molar-refractivity contribution in [1.29, 1.82) is 5.41 Å². The molecule has 0 radical (unpaired) electrons. The molecule has 168 valence electrons. The van der Waals surface area contributed by atoms with E-state index < -0.39 is 6.10 Å². The first-order chi connectivity index (χ1) is 15.7. The fourth-order valence-corrected chi connectivity index (χ4v) is 3.67. The molecule has 32 heavy (non-hydrogen) atoms. The molecule has 1 aliphatic carbocycles. The molecule has 0 amide bonds. The van der Waals surface area contributed by atoms with Gasteiger partial charge in [-0.05, 0) is 32.0 Å². The molecule has 2 aromatic heterocycles. The zero-order chi connectivity index (χ0) is 22.3. The third-order valence-electron chi connectivity index (χ3n) is 4.87. The molecule has 3 aromatic rings. The van der Waals surface area contributed by atoms with Crippen LogP contribution in [-0.2, 0) is 6.54 Å². The number of thiazole rings is 1. The Morgan fingerprint density at radius 1 is 1.31 bits per heavy atom. The maximum absolute atomic E-state index is 9.90. The van der Waals surface area contributed by atoms with Crippen molar-refractivity contribution in [2.75, 3.05) is 30.8 Å². The molecule has 1 aromatic carbocycles.